The summed E-state index contributed by atoms with van der Waals surface area (Å²) in [6.45, 7) is 4.33. The largest absolute Gasteiger partial charge is 0.326 e. The minimum absolute atomic E-state index is 0.149. The summed E-state index contributed by atoms with van der Waals surface area (Å²) in [5.74, 6) is 0.149. The molecule has 0 spiro atoms. The molecule has 1 aromatic carbocycles. The van der Waals surface area contributed by atoms with Crippen LogP contribution in [0.3, 0.4) is 0 Å². The molecule has 1 N–H and O–H groups in total. The minimum atomic E-state index is 0.149. The topological polar surface area (TPSA) is 29.1 Å². The van der Waals surface area contributed by atoms with Gasteiger partial charge in [0.2, 0.25) is 5.91 Å². The summed E-state index contributed by atoms with van der Waals surface area (Å²) in [5, 5.41) is 3.02. The van der Waals surface area contributed by atoms with E-state index >= 15 is 0 Å². The molecule has 1 amide bonds. The Morgan fingerprint density at radius 2 is 1.68 bits per heavy atom. The van der Waals surface area contributed by atoms with Gasteiger partial charge in [0, 0.05) is 12.1 Å². The van der Waals surface area contributed by atoms with Crippen LogP contribution in [0.5, 0.6) is 0 Å². The van der Waals surface area contributed by atoms with Gasteiger partial charge in [-0.15, -0.1) is 0 Å². The molecule has 0 radical (unpaired) electrons. The lowest BCUT2D eigenvalue weighted by Gasteiger charge is -2.09. The molecule has 0 heterocycles. The smallest absolute Gasteiger partial charge is 0.224 e. The van der Waals surface area contributed by atoms with Gasteiger partial charge >= 0.3 is 0 Å². The first-order valence-electron chi connectivity index (χ1n) is 7.65. The number of carbonyl (C=O) groups excluding carboxylic acids is 1. The molecule has 0 aliphatic carbocycles. The highest BCUT2D eigenvalue weighted by Gasteiger charge is 2.05. The first-order valence-corrected chi connectivity index (χ1v) is 7.65. The third-order valence-electron chi connectivity index (χ3n) is 3.43. The normalized spacial score (nSPS) is 10.4. The van der Waals surface area contributed by atoms with Crippen LogP contribution in [0.2, 0.25) is 0 Å². The van der Waals surface area contributed by atoms with E-state index in [2.05, 4.69) is 25.2 Å². The van der Waals surface area contributed by atoms with E-state index in [1.807, 2.05) is 18.2 Å². The number of hydrogen-bond acceptors (Lipinski definition) is 1. The quantitative estimate of drug-likeness (QED) is 0.627. The van der Waals surface area contributed by atoms with Crippen LogP contribution in [0.25, 0.3) is 0 Å². The van der Waals surface area contributed by atoms with Gasteiger partial charge in [-0.3, -0.25) is 4.79 Å². The van der Waals surface area contributed by atoms with E-state index in [9.17, 15) is 4.79 Å². The molecule has 0 bridgehead atoms. The molecule has 0 saturated heterocycles. The molecular formula is C17H27NO. The van der Waals surface area contributed by atoms with Gasteiger partial charge in [0.05, 0.1) is 0 Å². The number of amides is 1. The molecule has 1 rings (SSSR count). The Balaban J connectivity index is 2.23. The SMILES string of the molecule is CCCCCCCCC(=O)Nc1ccccc1CC. The van der Waals surface area contributed by atoms with Crippen LogP contribution in [-0.2, 0) is 11.2 Å². The van der Waals surface area contributed by atoms with Crippen LogP contribution in [0.15, 0.2) is 24.3 Å². The van der Waals surface area contributed by atoms with Crippen LogP contribution in [0.1, 0.15) is 64.4 Å². The highest BCUT2D eigenvalue weighted by atomic mass is 16.1. The van der Waals surface area contributed by atoms with Crippen molar-refractivity contribution in [1.82, 2.24) is 0 Å². The Morgan fingerprint density at radius 1 is 1.00 bits per heavy atom. The molecule has 0 unspecified atom stereocenters. The molecule has 0 aliphatic rings. The summed E-state index contributed by atoms with van der Waals surface area (Å²) in [5.41, 5.74) is 2.18. The number of rotatable bonds is 9. The van der Waals surface area contributed by atoms with Crippen LogP contribution < -0.4 is 5.32 Å². The lowest BCUT2D eigenvalue weighted by Crippen LogP contribution is -2.12. The van der Waals surface area contributed by atoms with Gasteiger partial charge in [-0.25, -0.2) is 0 Å². The van der Waals surface area contributed by atoms with Gasteiger partial charge in [0.15, 0.2) is 0 Å². The lowest BCUT2D eigenvalue weighted by atomic mass is 10.1. The zero-order valence-corrected chi connectivity index (χ0v) is 12.4. The molecule has 106 valence electrons. The molecule has 0 aromatic heterocycles. The molecule has 0 saturated carbocycles. The average molecular weight is 261 g/mol. The van der Waals surface area contributed by atoms with Gasteiger partial charge in [-0.05, 0) is 24.5 Å². The monoisotopic (exact) mass is 261 g/mol. The highest BCUT2D eigenvalue weighted by Crippen LogP contribution is 2.16. The maximum absolute atomic E-state index is 11.9. The van der Waals surface area contributed by atoms with Crippen molar-refractivity contribution >= 4 is 11.6 Å². The summed E-state index contributed by atoms with van der Waals surface area (Å²) in [6.07, 6.45) is 8.91. The number of nitrogens with one attached hydrogen (secondary N) is 1. The zero-order chi connectivity index (χ0) is 13.9. The number of anilines is 1. The second-order valence-corrected chi connectivity index (χ2v) is 5.08. The maximum Gasteiger partial charge on any atom is 0.224 e. The third-order valence-corrected chi connectivity index (χ3v) is 3.43. The molecular weight excluding hydrogens is 234 g/mol. The number of para-hydroxylation sites is 1. The Kier molecular flexibility index (Phi) is 7.95. The average Bonchev–Trinajstić information content (AvgIpc) is 2.43. The fraction of sp³-hybridized carbons (Fsp3) is 0.588. The van der Waals surface area contributed by atoms with E-state index in [0.29, 0.717) is 6.42 Å². The number of benzene rings is 1. The molecule has 2 heteroatoms. The van der Waals surface area contributed by atoms with E-state index in [1.165, 1.54) is 37.7 Å². The summed E-state index contributed by atoms with van der Waals surface area (Å²) in [7, 11) is 0. The molecule has 2 nitrogen and oxygen atoms in total. The predicted octanol–water partition coefficient (Wildman–Crippen LogP) is 4.94. The van der Waals surface area contributed by atoms with Crippen molar-refractivity contribution in [3.05, 3.63) is 29.8 Å². The van der Waals surface area contributed by atoms with Crippen LogP contribution in [0.4, 0.5) is 5.69 Å². The summed E-state index contributed by atoms with van der Waals surface area (Å²) in [6, 6.07) is 8.04. The Morgan fingerprint density at radius 3 is 2.42 bits per heavy atom. The van der Waals surface area contributed by atoms with Gasteiger partial charge < -0.3 is 5.32 Å². The first kappa shape index (κ1) is 15.7. The fourth-order valence-electron chi connectivity index (χ4n) is 2.23. The van der Waals surface area contributed by atoms with Crippen molar-refractivity contribution in [2.24, 2.45) is 0 Å². The van der Waals surface area contributed by atoms with E-state index in [4.69, 9.17) is 0 Å². The van der Waals surface area contributed by atoms with Crippen LogP contribution in [0, 0.1) is 0 Å². The highest BCUT2D eigenvalue weighted by molar-refractivity contribution is 5.91. The summed E-state index contributed by atoms with van der Waals surface area (Å²) >= 11 is 0. The van der Waals surface area contributed by atoms with Gasteiger partial charge in [0.1, 0.15) is 0 Å². The molecule has 0 atom stereocenters. The third kappa shape index (κ3) is 6.42. The first-order chi connectivity index (χ1) is 9.27. The predicted molar refractivity (Wildman–Crippen MR) is 82.4 cm³/mol. The van der Waals surface area contributed by atoms with E-state index in [-0.39, 0.29) is 5.91 Å². The van der Waals surface area contributed by atoms with Crippen molar-refractivity contribution < 1.29 is 4.79 Å². The number of unbranched alkanes of at least 4 members (excludes halogenated alkanes) is 5. The second kappa shape index (κ2) is 9.60. The van der Waals surface area contributed by atoms with E-state index in [1.54, 1.807) is 0 Å². The zero-order valence-electron chi connectivity index (χ0n) is 12.4. The molecule has 19 heavy (non-hydrogen) atoms. The van der Waals surface area contributed by atoms with Crippen molar-refractivity contribution in [2.75, 3.05) is 5.32 Å². The summed E-state index contributed by atoms with van der Waals surface area (Å²) < 4.78 is 0. The molecule has 0 aliphatic heterocycles. The second-order valence-electron chi connectivity index (χ2n) is 5.08. The van der Waals surface area contributed by atoms with Crippen LogP contribution in [-0.4, -0.2) is 5.91 Å². The van der Waals surface area contributed by atoms with Gasteiger partial charge in [-0.1, -0.05) is 64.2 Å². The Labute approximate surface area is 117 Å². The van der Waals surface area contributed by atoms with Crippen molar-refractivity contribution in [2.45, 2.75) is 65.2 Å². The number of hydrogen-bond donors (Lipinski definition) is 1. The maximum atomic E-state index is 11.9. The van der Waals surface area contributed by atoms with Crippen molar-refractivity contribution in [1.29, 1.82) is 0 Å². The van der Waals surface area contributed by atoms with E-state index < -0.39 is 0 Å². The van der Waals surface area contributed by atoms with E-state index in [0.717, 1.165) is 18.5 Å². The van der Waals surface area contributed by atoms with Crippen molar-refractivity contribution in [3.63, 3.8) is 0 Å². The minimum Gasteiger partial charge on any atom is -0.326 e. The Hall–Kier alpha value is -1.31. The van der Waals surface area contributed by atoms with Gasteiger partial charge in [0.25, 0.3) is 0 Å². The standard InChI is InChI=1S/C17H27NO/c1-3-5-6-7-8-9-14-17(19)18-16-13-11-10-12-15(16)4-2/h10-13H,3-9,14H2,1-2H3,(H,18,19). The molecule has 0 fully saturated rings. The Bertz CT molecular complexity index is 373. The number of aryl methyl sites for hydroxylation is 1. The summed E-state index contributed by atoms with van der Waals surface area (Å²) in [4.78, 5) is 11.9. The van der Waals surface area contributed by atoms with Gasteiger partial charge in [-0.2, -0.15) is 0 Å². The van der Waals surface area contributed by atoms with Crippen molar-refractivity contribution in [3.8, 4) is 0 Å². The number of carbonyl (C=O) groups is 1. The lowest BCUT2D eigenvalue weighted by molar-refractivity contribution is -0.116. The molecule has 1 aromatic rings. The fourth-order valence-corrected chi connectivity index (χ4v) is 2.23. The van der Waals surface area contributed by atoms with Crippen LogP contribution >= 0.6 is 0 Å².